The fourth-order valence-electron chi connectivity index (χ4n) is 3.39. The number of nitrogens with one attached hydrogen (secondary N) is 3. The summed E-state index contributed by atoms with van der Waals surface area (Å²) in [7, 11) is 0. The molecule has 3 rings (SSSR count). The molecule has 1 fully saturated rings. The number of carbonyl (C=O) groups excluding carboxylic acids is 3. The van der Waals surface area contributed by atoms with E-state index < -0.39 is 12.1 Å². The van der Waals surface area contributed by atoms with Crippen LogP contribution in [0.4, 0.5) is 4.79 Å². The van der Waals surface area contributed by atoms with E-state index in [1.807, 2.05) is 25.1 Å². The molecule has 158 valence electrons. The number of para-hydroxylation sites is 2. The van der Waals surface area contributed by atoms with E-state index in [0.717, 1.165) is 17.7 Å². The lowest BCUT2D eigenvalue weighted by molar-refractivity contribution is -0.896. The third-order valence-electron chi connectivity index (χ3n) is 5.05. The van der Waals surface area contributed by atoms with Crippen molar-refractivity contribution >= 4 is 17.8 Å². The fourth-order valence-corrected chi connectivity index (χ4v) is 3.39. The number of quaternary nitrogens is 1. The second kappa shape index (κ2) is 10.1. The van der Waals surface area contributed by atoms with Crippen LogP contribution in [0.15, 0.2) is 24.3 Å². The van der Waals surface area contributed by atoms with Gasteiger partial charge in [0.15, 0.2) is 18.0 Å². The van der Waals surface area contributed by atoms with E-state index in [0.29, 0.717) is 44.2 Å². The first kappa shape index (κ1) is 20.9. The molecule has 2 aliphatic rings. The second-order valence-corrected chi connectivity index (χ2v) is 7.27. The molecule has 1 aromatic rings. The number of benzene rings is 1. The van der Waals surface area contributed by atoms with Gasteiger partial charge in [-0.1, -0.05) is 25.5 Å². The Labute approximate surface area is 170 Å². The summed E-state index contributed by atoms with van der Waals surface area (Å²) in [4.78, 5) is 39.2. The van der Waals surface area contributed by atoms with E-state index in [1.165, 1.54) is 0 Å². The van der Waals surface area contributed by atoms with Gasteiger partial charge >= 0.3 is 6.03 Å². The van der Waals surface area contributed by atoms with Crippen molar-refractivity contribution < 1.29 is 28.8 Å². The minimum atomic E-state index is -0.651. The number of piperazine rings is 1. The molecule has 0 aliphatic carbocycles. The van der Waals surface area contributed by atoms with Crippen molar-refractivity contribution in [2.24, 2.45) is 0 Å². The van der Waals surface area contributed by atoms with Gasteiger partial charge in [-0.05, 0) is 18.6 Å². The van der Waals surface area contributed by atoms with Crippen molar-refractivity contribution in [2.75, 3.05) is 45.9 Å². The zero-order valence-electron chi connectivity index (χ0n) is 16.7. The third-order valence-corrected chi connectivity index (χ3v) is 5.05. The van der Waals surface area contributed by atoms with Gasteiger partial charge in [0, 0.05) is 6.54 Å². The number of carbonyl (C=O) groups is 3. The Morgan fingerprint density at radius 2 is 1.90 bits per heavy atom. The van der Waals surface area contributed by atoms with Crippen LogP contribution in [0.5, 0.6) is 11.5 Å². The molecule has 0 aromatic heterocycles. The summed E-state index contributed by atoms with van der Waals surface area (Å²) in [5.74, 6) is 0.818. The molecule has 1 aromatic carbocycles. The molecular formula is C20H29N4O5+. The number of amides is 4. The lowest BCUT2D eigenvalue weighted by atomic mass is 10.2. The van der Waals surface area contributed by atoms with Crippen molar-refractivity contribution in [2.45, 2.75) is 25.9 Å². The zero-order valence-corrected chi connectivity index (χ0v) is 16.7. The molecule has 9 nitrogen and oxygen atoms in total. The normalized spacial score (nSPS) is 18.8. The summed E-state index contributed by atoms with van der Waals surface area (Å²) in [5.41, 5.74) is 0. The number of imide groups is 1. The monoisotopic (exact) mass is 405 g/mol. The molecule has 9 heteroatoms. The van der Waals surface area contributed by atoms with Crippen molar-refractivity contribution in [1.29, 1.82) is 0 Å². The lowest BCUT2D eigenvalue weighted by Crippen LogP contribution is -3.16. The Morgan fingerprint density at radius 1 is 1.17 bits per heavy atom. The summed E-state index contributed by atoms with van der Waals surface area (Å²) in [6.45, 7) is 5.34. The highest BCUT2D eigenvalue weighted by molar-refractivity contribution is 5.94. The molecule has 0 unspecified atom stereocenters. The maximum Gasteiger partial charge on any atom is 0.321 e. The summed E-state index contributed by atoms with van der Waals surface area (Å²) >= 11 is 0. The van der Waals surface area contributed by atoms with Gasteiger partial charge in [0.25, 0.3) is 11.8 Å². The molecular weight excluding hydrogens is 376 g/mol. The summed E-state index contributed by atoms with van der Waals surface area (Å²) in [6, 6.07) is 6.84. The third kappa shape index (κ3) is 5.83. The van der Waals surface area contributed by atoms with E-state index in [2.05, 4.69) is 10.6 Å². The molecule has 29 heavy (non-hydrogen) atoms. The first-order chi connectivity index (χ1) is 14.1. The van der Waals surface area contributed by atoms with Crippen molar-refractivity contribution in [1.82, 2.24) is 15.5 Å². The van der Waals surface area contributed by atoms with Crippen LogP contribution >= 0.6 is 0 Å². The number of nitrogens with zero attached hydrogens (tertiary/aromatic N) is 1. The van der Waals surface area contributed by atoms with Gasteiger partial charge < -0.3 is 24.6 Å². The van der Waals surface area contributed by atoms with Crippen molar-refractivity contribution in [3.05, 3.63) is 24.3 Å². The highest BCUT2D eigenvalue weighted by Gasteiger charge is 2.34. The fraction of sp³-hybridized carbons (Fsp3) is 0.550. The van der Waals surface area contributed by atoms with Gasteiger partial charge in [-0.25, -0.2) is 4.79 Å². The van der Waals surface area contributed by atoms with Crippen LogP contribution in [0, 0.1) is 0 Å². The Kier molecular flexibility index (Phi) is 7.29. The number of hydrogen-bond donors (Lipinski definition) is 3. The van der Waals surface area contributed by atoms with Crippen molar-refractivity contribution in [3.8, 4) is 11.5 Å². The average molecular weight is 405 g/mol. The Balaban J connectivity index is 1.39. The molecule has 0 saturated carbocycles. The topological polar surface area (TPSA) is 101 Å². The number of rotatable bonds is 6. The van der Waals surface area contributed by atoms with E-state index in [9.17, 15) is 14.4 Å². The highest BCUT2D eigenvalue weighted by atomic mass is 16.6. The Hall–Kier alpha value is -2.81. The summed E-state index contributed by atoms with van der Waals surface area (Å²) < 4.78 is 11.4. The molecule has 2 aliphatic heterocycles. The van der Waals surface area contributed by atoms with Crippen LogP contribution in [0.3, 0.4) is 0 Å². The van der Waals surface area contributed by atoms with Crippen LogP contribution < -0.4 is 25.0 Å². The van der Waals surface area contributed by atoms with Crippen LogP contribution in [0.2, 0.25) is 0 Å². The van der Waals surface area contributed by atoms with E-state index in [4.69, 9.17) is 9.47 Å². The predicted molar refractivity (Wildman–Crippen MR) is 105 cm³/mol. The molecule has 1 atom stereocenters. The number of ether oxygens (including phenoxy) is 2. The quantitative estimate of drug-likeness (QED) is 0.537. The standard InChI is InChI=1S/C20H28N4O5/c1-2-3-8-21-20(27)22-18(25)13-23-9-11-24(12-10-23)19(26)17-14-28-15-6-4-5-7-16(15)29-17/h4-7,17H,2-3,8-14H2,1H3,(H2,21,22,25,27)/p+1/t17-/m1/s1. The molecule has 4 amide bonds. The predicted octanol–water partition coefficient (Wildman–Crippen LogP) is -0.821. The molecule has 2 heterocycles. The highest BCUT2D eigenvalue weighted by Crippen LogP contribution is 2.31. The smallest absolute Gasteiger partial charge is 0.321 e. The largest absolute Gasteiger partial charge is 0.485 e. The average Bonchev–Trinajstić information content (AvgIpc) is 2.73. The Bertz CT molecular complexity index is 733. The summed E-state index contributed by atoms with van der Waals surface area (Å²) in [6.07, 6.45) is 1.21. The van der Waals surface area contributed by atoms with Gasteiger partial charge in [-0.3, -0.25) is 14.9 Å². The van der Waals surface area contributed by atoms with E-state index in [1.54, 1.807) is 11.0 Å². The molecule has 0 bridgehead atoms. The second-order valence-electron chi connectivity index (χ2n) is 7.27. The van der Waals surface area contributed by atoms with Crippen LogP contribution in [-0.4, -0.2) is 74.7 Å². The molecule has 3 N–H and O–H groups in total. The van der Waals surface area contributed by atoms with Gasteiger partial charge in [0.05, 0.1) is 26.2 Å². The number of hydrogen-bond acceptors (Lipinski definition) is 5. The maximum atomic E-state index is 12.7. The zero-order chi connectivity index (χ0) is 20.6. The van der Waals surface area contributed by atoms with Gasteiger partial charge in [0.2, 0.25) is 6.10 Å². The lowest BCUT2D eigenvalue weighted by Gasteiger charge is -2.35. The summed E-state index contributed by atoms with van der Waals surface area (Å²) in [5, 5.41) is 5.01. The van der Waals surface area contributed by atoms with E-state index >= 15 is 0 Å². The molecule has 1 saturated heterocycles. The van der Waals surface area contributed by atoms with Gasteiger partial charge in [-0.15, -0.1) is 0 Å². The maximum absolute atomic E-state index is 12.7. The Morgan fingerprint density at radius 3 is 2.62 bits per heavy atom. The van der Waals surface area contributed by atoms with Crippen LogP contribution in [-0.2, 0) is 9.59 Å². The minimum absolute atomic E-state index is 0.0988. The van der Waals surface area contributed by atoms with Crippen molar-refractivity contribution in [3.63, 3.8) is 0 Å². The minimum Gasteiger partial charge on any atom is -0.485 e. The van der Waals surface area contributed by atoms with Crippen LogP contribution in [0.1, 0.15) is 19.8 Å². The SMILES string of the molecule is CCCCNC(=O)NC(=O)C[NH+]1CCN(C(=O)[C@H]2COc3ccccc3O2)CC1. The molecule has 0 spiro atoms. The number of fused-ring (bicyclic) bond motifs is 1. The van der Waals surface area contributed by atoms with Gasteiger partial charge in [0.1, 0.15) is 6.61 Å². The number of unbranched alkanes of at least 4 members (excludes halogenated alkanes) is 1. The molecule has 0 radical (unpaired) electrons. The first-order valence-corrected chi connectivity index (χ1v) is 10.2. The number of urea groups is 1. The van der Waals surface area contributed by atoms with Crippen LogP contribution in [0.25, 0.3) is 0 Å². The first-order valence-electron chi connectivity index (χ1n) is 10.2. The van der Waals surface area contributed by atoms with E-state index in [-0.39, 0.29) is 25.0 Å². The van der Waals surface area contributed by atoms with Gasteiger partial charge in [-0.2, -0.15) is 0 Å².